The molecule has 0 aromatic heterocycles. The fourth-order valence-electron chi connectivity index (χ4n) is 1.97. The fourth-order valence-corrected chi connectivity index (χ4v) is 1.97. The van der Waals surface area contributed by atoms with Gasteiger partial charge in [-0.05, 0) is 31.6 Å². The first kappa shape index (κ1) is 11.9. The monoisotopic (exact) mass is 226 g/mol. The molecular weight excluding hydrogens is 204 g/mol. The second-order valence-corrected chi connectivity index (χ2v) is 4.92. The van der Waals surface area contributed by atoms with E-state index in [1.165, 1.54) is 12.8 Å². The van der Waals surface area contributed by atoms with Gasteiger partial charge in [-0.3, -0.25) is 4.79 Å². The molecule has 2 saturated carbocycles. The molecule has 4 nitrogen and oxygen atoms in total. The lowest BCUT2D eigenvalue weighted by Crippen LogP contribution is -2.40. The Labute approximate surface area is 97.1 Å². The SMILES string of the molecule is COCC(NCCNC(=O)C1CC1)C1CC1. The molecule has 0 aromatic carbocycles. The van der Waals surface area contributed by atoms with Crippen LogP contribution in [-0.4, -0.2) is 38.8 Å². The average molecular weight is 226 g/mol. The fraction of sp³-hybridized carbons (Fsp3) is 0.917. The van der Waals surface area contributed by atoms with Crippen LogP contribution in [0, 0.1) is 11.8 Å². The molecule has 92 valence electrons. The lowest BCUT2D eigenvalue weighted by molar-refractivity contribution is -0.122. The van der Waals surface area contributed by atoms with E-state index in [0.29, 0.717) is 12.0 Å². The first-order chi connectivity index (χ1) is 7.81. The summed E-state index contributed by atoms with van der Waals surface area (Å²) in [6, 6.07) is 0.475. The second kappa shape index (κ2) is 5.64. The van der Waals surface area contributed by atoms with Crippen LogP contribution < -0.4 is 10.6 Å². The van der Waals surface area contributed by atoms with Crippen molar-refractivity contribution < 1.29 is 9.53 Å². The first-order valence-electron chi connectivity index (χ1n) is 6.31. The standard InChI is InChI=1S/C12H22N2O2/c1-16-8-11(9-2-3-9)13-6-7-14-12(15)10-4-5-10/h9-11,13H,2-8H2,1H3,(H,14,15). The molecule has 1 unspecified atom stereocenters. The van der Waals surface area contributed by atoms with Crippen molar-refractivity contribution in [3.63, 3.8) is 0 Å². The van der Waals surface area contributed by atoms with Crippen molar-refractivity contribution in [1.29, 1.82) is 0 Å². The largest absolute Gasteiger partial charge is 0.383 e. The van der Waals surface area contributed by atoms with Crippen LogP contribution in [0.3, 0.4) is 0 Å². The Bertz CT molecular complexity index is 237. The molecule has 0 heterocycles. The van der Waals surface area contributed by atoms with Crippen LogP contribution in [0.1, 0.15) is 25.7 Å². The zero-order valence-corrected chi connectivity index (χ0v) is 10.00. The Morgan fingerprint density at radius 3 is 2.62 bits per heavy atom. The van der Waals surface area contributed by atoms with Gasteiger partial charge in [0.25, 0.3) is 0 Å². The average Bonchev–Trinajstić information content (AvgIpc) is 3.15. The molecule has 1 amide bonds. The molecule has 2 aliphatic rings. The summed E-state index contributed by atoms with van der Waals surface area (Å²) in [5, 5.41) is 6.42. The molecule has 2 aliphatic carbocycles. The summed E-state index contributed by atoms with van der Waals surface area (Å²) < 4.78 is 5.18. The van der Waals surface area contributed by atoms with Gasteiger partial charge in [0.05, 0.1) is 6.61 Å². The van der Waals surface area contributed by atoms with Crippen LogP contribution in [0.5, 0.6) is 0 Å². The zero-order valence-electron chi connectivity index (χ0n) is 10.00. The van der Waals surface area contributed by atoms with E-state index >= 15 is 0 Å². The van der Waals surface area contributed by atoms with Crippen molar-refractivity contribution in [2.45, 2.75) is 31.7 Å². The maximum absolute atomic E-state index is 11.4. The van der Waals surface area contributed by atoms with E-state index in [0.717, 1.165) is 38.5 Å². The lowest BCUT2D eigenvalue weighted by Gasteiger charge is -2.17. The highest BCUT2D eigenvalue weighted by Gasteiger charge is 2.31. The van der Waals surface area contributed by atoms with Gasteiger partial charge in [-0.1, -0.05) is 0 Å². The number of hydrogen-bond donors (Lipinski definition) is 2. The predicted octanol–water partition coefficient (Wildman–Crippen LogP) is 0.527. The minimum Gasteiger partial charge on any atom is -0.383 e. The van der Waals surface area contributed by atoms with Gasteiger partial charge in [-0.15, -0.1) is 0 Å². The third kappa shape index (κ3) is 3.76. The number of rotatable bonds is 8. The van der Waals surface area contributed by atoms with Gasteiger partial charge >= 0.3 is 0 Å². The van der Waals surface area contributed by atoms with E-state index in [1.807, 2.05) is 0 Å². The summed E-state index contributed by atoms with van der Waals surface area (Å²) in [6.07, 6.45) is 4.78. The third-order valence-electron chi connectivity index (χ3n) is 3.32. The van der Waals surface area contributed by atoms with Gasteiger partial charge in [0.2, 0.25) is 5.91 Å². The van der Waals surface area contributed by atoms with E-state index in [4.69, 9.17) is 4.74 Å². The molecular formula is C12H22N2O2. The van der Waals surface area contributed by atoms with Gasteiger partial charge in [0, 0.05) is 32.2 Å². The molecule has 0 aliphatic heterocycles. The highest BCUT2D eigenvalue weighted by molar-refractivity contribution is 5.80. The molecule has 0 radical (unpaired) electrons. The second-order valence-electron chi connectivity index (χ2n) is 4.92. The molecule has 2 rings (SSSR count). The minimum absolute atomic E-state index is 0.233. The molecule has 2 N–H and O–H groups in total. The number of carbonyl (C=O) groups is 1. The summed E-state index contributed by atoms with van der Waals surface area (Å²) in [5.74, 6) is 1.34. The van der Waals surface area contributed by atoms with E-state index in [1.54, 1.807) is 7.11 Å². The summed E-state index contributed by atoms with van der Waals surface area (Å²) >= 11 is 0. The quantitative estimate of drug-likeness (QED) is 0.594. The van der Waals surface area contributed by atoms with Crippen molar-refractivity contribution >= 4 is 5.91 Å². The van der Waals surface area contributed by atoms with Crippen LogP contribution in [0.25, 0.3) is 0 Å². The van der Waals surface area contributed by atoms with Gasteiger partial charge < -0.3 is 15.4 Å². The number of amides is 1. The zero-order chi connectivity index (χ0) is 11.4. The third-order valence-corrected chi connectivity index (χ3v) is 3.32. The van der Waals surface area contributed by atoms with Crippen LogP contribution in [-0.2, 0) is 9.53 Å². The number of hydrogen-bond acceptors (Lipinski definition) is 3. The molecule has 4 heteroatoms. The summed E-state index contributed by atoms with van der Waals surface area (Å²) in [7, 11) is 1.74. The Hall–Kier alpha value is -0.610. The topological polar surface area (TPSA) is 50.4 Å². The molecule has 2 fully saturated rings. The van der Waals surface area contributed by atoms with Gasteiger partial charge in [0.1, 0.15) is 0 Å². The van der Waals surface area contributed by atoms with Crippen molar-refractivity contribution in [2.75, 3.05) is 26.8 Å². The highest BCUT2D eigenvalue weighted by atomic mass is 16.5. The molecule has 1 atom stereocenters. The van der Waals surface area contributed by atoms with Crippen LogP contribution in [0.2, 0.25) is 0 Å². The number of methoxy groups -OCH3 is 1. The van der Waals surface area contributed by atoms with Crippen LogP contribution >= 0.6 is 0 Å². The van der Waals surface area contributed by atoms with Crippen LogP contribution in [0.4, 0.5) is 0 Å². The minimum atomic E-state index is 0.233. The predicted molar refractivity (Wildman–Crippen MR) is 62.1 cm³/mol. The van der Waals surface area contributed by atoms with Gasteiger partial charge in [-0.25, -0.2) is 0 Å². The van der Waals surface area contributed by atoms with Crippen molar-refractivity contribution in [2.24, 2.45) is 11.8 Å². The Morgan fingerprint density at radius 1 is 1.31 bits per heavy atom. The Morgan fingerprint density at radius 2 is 2.06 bits per heavy atom. The summed E-state index contributed by atoms with van der Waals surface area (Å²) in [5.41, 5.74) is 0. The molecule has 0 saturated heterocycles. The number of ether oxygens (including phenoxy) is 1. The first-order valence-corrected chi connectivity index (χ1v) is 6.31. The Kier molecular flexibility index (Phi) is 4.18. The summed E-state index contributed by atoms with van der Waals surface area (Å²) in [6.45, 7) is 2.37. The Balaban J connectivity index is 1.53. The van der Waals surface area contributed by atoms with E-state index < -0.39 is 0 Å². The number of nitrogens with one attached hydrogen (secondary N) is 2. The van der Waals surface area contributed by atoms with E-state index in [-0.39, 0.29) is 5.91 Å². The molecule has 16 heavy (non-hydrogen) atoms. The van der Waals surface area contributed by atoms with Crippen LogP contribution in [0.15, 0.2) is 0 Å². The molecule has 0 spiro atoms. The van der Waals surface area contributed by atoms with Crippen molar-refractivity contribution in [3.8, 4) is 0 Å². The number of carbonyl (C=O) groups excluding carboxylic acids is 1. The molecule has 0 bridgehead atoms. The molecule has 0 aromatic rings. The lowest BCUT2D eigenvalue weighted by atomic mass is 10.2. The van der Waals surface area contributed by atoms with E-state index in [9.17, 15) is 4.79 Å². The maximum atomic E-state index is 11.4. The summed E-state index contributed by atoms with van der Waals surface area (Å²) in [4.78, 5) is 11.4. The highest BCUT2D eigenvalue weighted by Crippen LogP contribution is 2.32. The maximum Gasteiger partial charge on any atom is 0.223 e. The van der Waals surface area contributed by atoms with Gasteiger partial charge in [-0.2, -0.15) is 0 Å². The normalized spacial score (nSPS) is 21.8. The van der Waals surface area contributed by atoms with E-state index in [2.05, 4.69) is 10.6 Å². The van der Waals surface area contributed by atoms with Crippen molar-refractivity contribution in [3.05, 3.63) is 0 Å². The smallest absolute Gasteiger partial charge is 0.223 e. The van der Waals surface area contributed by atoms with Crippen molar-refractivity contribution in [1.82, 2.24) is 10.6 Å². The van der Waals surface area contributed by atoms with Gasteiger partial charge in [0.15, 0.2) is 0 Å².